The highest BCUT2D eigenvalue weighted by Crippen LogP contribution is 2.29. The summed E-state index contributed by atoms with van der Waals surface area (Å²) in [6.45, 7) is 9.36. The Labute approximate surface area is 166 Å². The summed E-state index contributed by atoms with van der Waals surface area (Å²) in [6, 6.07) is 5.57. The van der Waals surface area contributed by atoms with Crippen LogP contribution in [-0.2, 0) is 6.42 Å². The first-order valence-corrected chi connectivity index (χ1v) is 10.6. The van der Waals surface area contributed by atoms with Gasteiger partial charge in [0.2, 0.25) is 0 Å². The zero-order valence-electron chi connectivity index (χ0n) is 17.8. The van der Waals surface area contributed by atoms with Crippen LogP contribution in [0.4, 0.5) is 0 Å². The van der Waals surface area contributed by atoms with E-state index in [9.17, 15) is 10.2 Å². The summed E-state index contributed by atoms with van der Waals surface area (Å²) in [6.07, 6.45) is 8.21. The third-order valence-corrected chi connectivity index (χ3v) is 5.00. The number of rotatable bonds is 14. The van der Waals surface area contributed by atoms with Gasteiger partial charge in [0.05, 0.1) is 13.2 Å². The normalized spacial score (nSPS) is 13.9. The van der Waals surface area contributed by atoms with Gasteiger partial charge in [0.1, 0.15) is 0 Å². The highest BCUT2D eigenvalue weighted by molar-refractivity contribution is 5.41. The van der Waals surface area contributed by atoms with E-state index >= 15 is 0 Å². The highest BCUT2D eigenvalue weighted by atomic mass is 16.5. The fourth-order valence-electron chi connectivity index (χ4n) is 3.48. The lowest BCUT2D eigenvalue weighted by atomic mass is 9.85. The smallest absolute Gasteiger partial charge is 0.160 e. The minimum Gasteiger partial charge on any atom is -0.504 e. The number of aliphatic hydroxyl groups excluding tert-OH is 1. The molecule has 0 aliphatic heterocycles. The maximum Gasteiger partial charge on any atom is 0.160 e. The molecule has 27 heavy (non-hydrogen) atoms. The zero-order chi connectivity index (χ0) is 20.3. The Bertz CT molecular complexity index is 530. The van der Waals surface area contributed by atoms with E-state index in [1.807, 2.05) is 12.1 Å². The number of ether oxygens (including phenoxy) is 1. The quantitative estimate of drug-likeness (QED) is 0.396. The first-order valence-electron chi connectivity index (χ1n) is 10.6. The van der Waals surface area contributed by atoms with Crippen molar-refractivity contribution in [3.05, 3.63) is 23.8 Å². The molecule has 0 fully saturated rings. The molecule has 0 unspecified atom stereocenters. The van der Waals surface area contributed by atoms with Gasteiger partial charge < -0.3 is 20.7 Å². The summed E-state index contributed by atoms with van der Waals surface area (Å²) in [5.74, 6) is 1.95. The number of hydrogen-bond acceptors (Lipinski definition) is 4. The van der Waals surface area contributed by atoms with Crippen molar-refractivity contribution in [3.8, 4) is 11.5 Å². The molecule has 0 radical (unpaired) electrons. The molecule has 1 aromatic carbocycles. The number of aryl methyl sites for hydroxylation is 1. The molecule has 0 aliphatic rings. The predicted octanol–water partition coefficient (Wildman–Crippen LogP) is 5.05. The Balaban J connectivity index is 2.38. The Morgan fingerprint density at radius 1 is 1.04 bits per heavy atom. The van der Waals surface area contributed by atoms with Crippen molar-refractivity contribution in [2.75, 3.05) is 13.2 Å². The summed E-state index contributed by atoms with van der Waals surface area (Å²) in [7, 11) is 0. The van der Waals surface area contributed by atoms with Crippen LogP contribution in [0, 0.1) is 11.8 Å². The van der Waals surface area contributed by atoms with Crippen molar-refractivity contribution in [2.45, 2.75) is 84.6 Å². The minimum atomic E-state index is -0.561. The third kappa shape index (κ3) is 10.0. The second-order valence-electron chi connectivity index (χ2n) is 8.87. The molecule has 156 valence electrons. The lowest BCUT2D eigenvalue weighted by molar-refractivity contribution is 0.165. The monoisotopic (exact) mass is 379 g/mol. The van der Waals surface area contributed by atoms with Crippen molar-refractivity contribution < 1.29 is 14.9 Å². The lowest BCUT2D eigenvalue weighted by Gasteiger charge is -2.29. The molecule has 1 aromatic rings. The second kappa shape index (κ2) is 12.2. The van der Waals surface area contributed by atoms with Crippen molar-refractivity contribution in [1.82, 2.24) is 0 Å². The van der Waals surface area contributed by atoms with Crippen LogP contribution in [-0.4, -0.2) is 29.0 Å². The molecule has 4 nitrogen and oxygen atoms in total. The van der Waals surface area contributed by atoms with Crippen LogP contribution in [0.5, 0.6) is 11.5 Å². The second-order valence-corrected chi connectivity index (χ2v) is 8.87. The Morgan fingerprint density at radius 2 is 1.74 bits per heavy atom. The average molecular weight is 380 g/mol. The number of phenolic OH excluding ortho intramolecular Hbond substituents is 1. The van der Waals surface area contributed by atoms with Crippen molar-refractivity contribution in [3.63, 3.8) is 0 Å². The number of unbranched alkanes of at least 4 members (excludes halogenated alkanes) is 3. The van der Waals surface area contributed by atoms with Crippen LogP contribution in [0.15, 0.2) is 18.2 Å². The van der Waals surface area contributed by atoms with E-state index in [2.05, 4.69) is 27.7 Å². The van der Waals surface area contributed by atoms with E-state index in [0.717, 1.165) is 30.7 Å². The van der Waals surface area contributed by atoms with Gasteiger partial charge in [0.15, 0.2) is 11.5 Å². The molecule has 0 aromatic heterocycles. The summed E-state index contributed by atoms with van der Waals surface area (Å²) in [5.41, 5.74) is 6.76. The lowest BCUT2D eigenvalue weighted by Crippen LogP contribution is -2.45. The van der Waals surface area contributed by atoms with Gasteiger partial charge in [-0.15, -0.1) is 0 Å². The van der Waals surface area contributed by atoms with Gasteiger partial charge in [0.25, 0.3) is 0 Å². The molecule has 4 N–H and O–H groups in total. The van der Waals surface area contributed by atoms with Crippen molar-refractivity contribution in [2.24, 2.45) is 17.6 Å². The van der Waals surface area contributed by atoms with Gasteiger partial charge >= 0.3 is 0 Å². The number of phenols is 1. The van der Waals surface area contributed by atoms with Crippen LogP contribution >= 0.6 is 0 Å². The minimum absolute atomic E-state index is 0.0183. The maximum absolute atomic E-state index is 10.2. The highest BCUT2D eigenvalue weighted by Gasteiger charge is 2.25. The van der Waals surface area contributed by atoms with Crippen LogP contribution in [0.1, 0.15) is 78.2 Å². The van der Waals surface area contributed by atoms with Crippen LogP contribution in [0.25, 0.3) is 0 Å². The molecule has 1 atom stereocenters. The fraction of sp³-hybridized carbons (Fsp3) is 0.739. The number of hydrogen-bond donors (Lipinski definition) is 3. The van der Waals surface area contributed by atoms with E-state index in [1.54, 1.807) is 6.07 Å². The van der Waals surface area contributed by atoms with Gasteiger partial charge in [-0.2, -0.15) is 0 Å². The van der Waals surface area contributed by atoms with Crippen LogP contribution in [0.3, 0.4) is 0 Å². The topological polar surface area (TPSA) is 75.7 Å². The number of aliphatic hydroxyl groups is 1. The first kappa shape index (κ1) is 23.8. The predicted molar refractivity (Wildman–Crippen MR) is 113 cm³/mol. The van der Waals surface area contributed by atoms with Crippen molar-refractivity contribution in [1.29, 1.82) is 0 Å². The van der Waals surface area contributed by atoms with E-state index < -0.39 is 5.54 Å². The Morgan fingerprint density at radius 3 is 2.33 bits per heavy atom. The van der Waals surface area contributed by atoms with Gasteiger partial charge in [-0.25, -0.2) is 0 Å². The van der Waals surface area contributed by atoms with E-state index in [0.29, 0.717) is 24.7 Å². The van der Waals surface area contributed by atoms with Gasteiger partial charge in [-0.05, 0) is 55.2 Å². The number of nitrogens with two attached hydrogens (primary N) is 1. The molecule has 0 spiro atoms. The van der Waals surface area contributed by atoms with Gasteiger partial charge in [0, 0.05) is 5.54 Å². The molecule has 0 bridgehead atoms. The molecule has 0 heterocycles. The average Bonchev–Trinajstić information content (AvgIpc) is 2.59. The molecular formula is C23H41NO3. The Hall–Kier alpha value is -1.26. The summed E-state index contributed by atoms with van der Waals surface area (Å²) < 4.78 is 5.72. The first-order chi connectivity index (χ1) is 12.8. The van der Waals surface area contributed by atoms with Gasteiger partial charge in [-0.1, -0.05) is 59.4 Å². The summed E-state index contributed by atoms with van der Waals surface area (Å²) in [5, 5.41) is 19.8. The van der Waals surface area contributed by atoms with Crippen molar-refractivity contribution >= 4 is 0 Å². The van der Waals surface area contributed by atoms with Crippen LogP contribution < -0.4 is 10.5 Å². The Kier molecular flexibility index (Phi) is 10.8. The zero-order valence-corrected chi connectivity index (χ0v) is 17.8. The van der Waals surface area contributed by atoms with E-state index in [1.165, 1.54) is 25.7 Å². The summed E-state index contributed by atoms with van der Waals surface area (Å²) in [4.78, 5) is 0. The van der Waals surface area contributed by atoms with E-state index in [4.69, 9.17) is 10.5 Å². The molecule has 0 amide bonds. The third-order valence-electron chi connectivity index (χ3n) is 5.00. The summed E-state index contributed by atoms with van der Waals surface area (Å²) >= 11 is 0. The number of benzene rings is 1. The molecule has 0 saturated heterocycles. The molecule has 0 aliphatic carbocycles. The maximum atomic E-state index is 10.2. The van der Waals surface area contributed by atoms with E-state index in [-0.39, 0.29) is 12.4 Å². The standard InChI is InChI=1S/C23H41NO3/c1-18(2)9-7-5-6-8-14-27-22-11-10-20(15-21(22)26)12-13-23(24,17-25)16-19(3)4/h10-11,15,18-19,25-26H,5-9,12-14,16-17,24H2,1-4H3/t23-/m0/s1. The SMILES string of the molecule is CC(C)CCCCCCOc1ccc(CC[C@@](N)(CO)CC(C)C)cc1O. The van der Waals surface area contributed by atoms with Gasteiger partial charge in [-0.3, -0.25) is 0 Å². The molecule has 0 saturated carbocycles. The number of aromatic hydroxyl groups is 1. The largest absolute Gasteiger partial charge is 0.504 e. The molecule has 1 rings (SSSR count). The molecule has 4 heteroatoms. The molecular weight excluding hydrogens is 338 g/mol. The fourth-order valence-corrected chi connectivity index (χ4v) is 3.48. The van der Waals surface area contributed by atoms with Crippen LogP contribution in [0.2, 0.25) is 0 Å².